The Labute approximate surface area is 91.8 Å². The van der Waals surface area contributed by atoms with Gasteiger partial charge in [0.2, 0.25) is 5.75 Å². The number of hydrogen-bond donors (Lipinski definition) is 1. The summed E-state index contributed by atoms with van der Waals surface area (Å²) >= 11 is 0. The molecule has 16 heavy (non-hydrogen) atoms. The first-order valence-electron chi connectivity index (χ1n) is 4.76. The molecule has 0 aliphatic carbocycles. The molecule has 0 radical (unpaired) electrons. The highest BCUT2D eigenvalue weighted by molar-refractivity contribution is 6.33. The van der Waals surface area contributed by atoms with Crippen LogP contribution in [0.1, 0.15) is 12.5 Å². The second kappa shape index (κ2) is 5.22. The summed E-state index contributed by atoms with van der Waals surface area (Å²) in [4.78, 5) is 5.02. The van der Waals surface area contributed by atoms with E-state index < -0.39 is 7.54 Å². The molecule has 1 aliphatic rings. The number of fused-ring (bicyclic) bond motifs is 1. The van der Waals surface area contributed by atoms with Gasteiger partial charge in [0.25, 0.3) is 0 Å². The molecule has 0 bridgehead atoms. The van der Waals surface area contributed by atoms with E-state index in [0.29, 0.717) is 13.1 Å². The maximum Gasteiger partial charge on any atom is 0.762 e. The number of quaternary nitrogens is 1. The van der Waals surface area contributed by atoms with E-state index in [0.717, 1.165) is 11.3 Å². The van der Waals surface area contributed by atoms with Gasteiger partial charge in [-0.05, 0) is 19.1 Å². The molecule has 0 fully saturated rings. The van der Waals surface area contributed by atoms with E-state index in [4.69, 9.17) is 4.84 Å². The lowest BCUT2D eigenvalue weighted by molar-refractivity contribution is -1.23. The predicted molar refractivity (Wildman–Crippen MR) is 52.4 cm³/mol. The molecule has 0 spiro atoms. The van der Waals surface area contributed by atoms with Crippen molar-refractivity contribution < 1.29 is 27.8 Å². The molecule has 88 valence electrons. The average Bonchev–Trinajstić information content (AvgIpc) is 2.54. The molecule has 1 heterocycles. The molecule has 1 N–H and O–H groups in total. The maximum atomic E-state index is 9.74. The van der Waals surface area contributed by atoms with Gasteiger partial charge >= 0.3 is 7.54 Å². The second-order valence-electron chi connectivity index (χ2n) is 3.27. The van der Waals surface area contributed by atoms with E-state index in [1.165, 1.54) is 0 Å². The molecule has 0 saturated heterocycles. The number of benzene rings is 1. The van der Waals surface area contributed by atoms with Gasteiger partial charge in [0.1, 0.15) is 6.54 Å². The van der Waals surface area contributed by atoms with Crippen LogP contribution in [0, 0.1) is 0 Å². The largest absolute Gasteiger partial charge is 0.762 e. The molecule has 1 aliphatic heterocycles. The van der Waals surface area contributed by atoms with Gasteiger partial charge in [-0.25, -0.2) is 0 Å². The highest BCUT2D eigenvalue weighted by Gasteiger charge is 2.36. The van der Waals surface area contributed by atoms with E-state index >= 15 is 0 Å². The topological polar surface area (TPSA) is 29.5 Å². The Morgan fingerprint density at radius 2 is 1.94 bits per heavy atom. The first kappa shape index (κ1) is 12.9. The van der Waals surface area contributed by atoms with Crippen LogP contribution in [0.5, 0.6) is 5.75 Å². The summed E-state index contributed by atoms with van der Waals surface area (Å²) in [5.74, 6) is 0.793. The lowest BCUT2D eigenvalue weighted by Gasteiger charge is -2.18. The third-order valence-corrected chi connectivity index (χ3v) is 2.15. The van der Waals surface area contributed by atoms with Crippen molar-refractivity contribution in [2.24, 2.45) is 0 Å². The van der Waals surface area contributed by atoms with Gasteiger partial charge in [-0.2, -0.15) is 5.21 Å². The molecule has 1 unspecified atom stereocenters. The Morgan fingerprint density at radius 3 is 2.44 bits per heavy atom. The number of hydroxylamine groups is 4. The molecule has 2 rings (SSSR count). The molecular weight excluding hydrogens is 222 g/mol. The van der Waals surface area contributed by atoms with E-state index in [-0.39, 0.29) is 4.81 Å². The monoisotopic (exact) mass is 234 g/mol. The summed E-state index contributed by atoms with van der Waals surface area (Å²) < 4.78 is 29.0. The third-order valence-electron chi connectivity index (χ3n) is 2.15. The van der Waals surface area contributed by atoms with Gasteiger partial charge in [-0.15, -0.1) is 0 Å². The summed E-state index contributed by atoms with van der Waals surface area (Å²) in [6.45, 7) is 3.01. The van der Waals surface area contributed by atoms with Gasteiger partial charge in [0.05, 0.1) is 5.56 Å². The molecule has 0 saturated carbocycles. The maximum absolute atomic E-state index is 9.74. The fraction of sp³-hybridized carbons (Fsp3) is 0.333. The summed E-state index contributed by atoms with van der Waals surface area (Å²) in [6.07, 6.45) is 0. The Kier molecular flexibility index (Phi) is 4.20. The van der Waals surface area contributed by atoms with Crippen LogP contribution < -0.4 is 4.84 Å². The van der Waals surface area contributed by atoms with Crippen LogP contribution in [0.2, 0.25) is 0 Å². The van der Waals surface area contributed by atoms with Crippen molar-refractivity contribution in [3.8, 4) is 5.75 Å². The molecule has 0 amide bonds. The standard InChI is InChI=1S/C9H12NO2.BF3/c1-2-10(11)7-8-5-3-4-6-9(8)12-10;2-1(3)4/h3-6,11H,2,7H2,1H3;/q+1;. The lowest BCUT2D eigenvalue weighted by Crippen LogP contribution is -2.42. The van der Waals surface area contributed by atoms with Crippen molar-refractivity contribution in [2.45, 2.75) is 13.5 Å². The minimum atomic E-state index is -3.67. The summed E-state index contributed by atoms with van der Waals surface area (Å²) in [6, 6.07) is 7.71. The highest BCUT2D eigenvalue weighted by Crippen LogP contribution is 2.30. The van der Waals surface area contributed by atoms with Crippen molar-refractivity contribution in [1.82, 2.24) is 0 Å². The number of nitrogens with zero attached hydrogens (tertiary/aromatic N) is 1. The van der Waals surface area contributed by atoms with E-state index in [9.17, 15) is 18.2 Å². The quantitative estimate of drug-likeness (QED) is 0.597. The van der Waals surface area contributed by atoms with Crippen LogP contribution in [-0.4, -0.2) is 24.1 Å². The first-order valence-corrected chi connectivity index (χ1v) is 4.76. The molecule has 7 heteroatoms. The van der Waals surface area contributed by atoms with Crippen LogP contribution in [0.25, 0.3) is 0 Å². The first-order chi connectivity index (χ1) is 7.47. The SMILES string of the molecule is CC[N+]1(O)Cc2ccccc2O1.FB(F)F. The van der Waals surface area contributed by atoms with Crippen LogP contribution in [0.4, 0.5) is 12.9 Å². The van der Waals surface area contributed by atoms with Gasteiger partial charge in [-0.1, -0.05) is 12.1 Å². The van der Waals surface area contributed by atoms with Crippen molar-refractivity contribution in [3.63, 3.8) is 0 Å². The Morgan fingerprint density at radius 1 is 1.38 bits per heavy atom. The lowest BCUT2D eigenvalue weighted by atomic mass is 10.2. The summed E-state index contributed by atoms with van der Waals surface area (Å²) in [5.41, 5.74) is 1.07. The van der Waals surface area contributed by atoms with Gasteiger partial charge < -0.3 is 0 Å². The minimum Gasteiger partial charge on any atom is -0.280 e. The normalized spacial score (nSPS) is 21.6. The molecule has 1 aromatic rings. The van der Waals surface area contributed by atoms with Crippen LogP contribution in [0.3, 0.4) is 0 Å². The number of para-hydroxylation sites is 1. The van der Waals surface area contributed by atoms with Crippen molar-refractivity contribution in [3.05, 3.63) is 29.8 Å². The van der Waals surface area contributed by atoms with E-state index in [1.807, 2.05) is 31.2 Å². The van der Waals surface area contributed by atoms with Crippen molar-refractivity contribution >= 4 is 7.54 Å². The number of hydrogen-bond acceptors (Lipinski definition) is 2. The van der Waals surface area contributed by atoms with E-state index in [2.05, 4.69) is 0 Å². The molecule has 1 aromatic carbocycles. The van der Waals surface area contributed by atoms with Crippen molar-refractivity contribution in [1.29, 1.82) is 0 Å². The van der Waals surface area contributed by atoms with E-state index in [1.54, 1.807) is 0 Å². The number of rotatable bonds is 1. The molecular formula is C9H12BF3NO2+. The zero-order valence-corrected chi connectivity index (χ0v) is 8.74. The number of halogens is 3. The zero-order chi connectivity index (χ0) is 12.2. The second-order valence-corrected chi connectivity index (χ2v) is 3.27. The third kappa shape index (κ3) is 3.43. The van der Waals surface area contributed by atoms with Crippen LogP contribution >= 0.6 is 0 Å². The summed E-state index contributed by atoms with van der Waals surface area (Å²) in [5, 5.41) is 9.74. The molecule has 0 aromatic heterocycles. The fourth-order valence-corrected chi connectivity index (χ4v) is 1.38. The fourth-order valence-electron chi connectivity index (χ4n) is 1.38. The van der Waals surface area contributed by atoms with Gasteiger partial charge in [0, 0.05) is 4.81 Å². The van der Waals surface area contributed by atoms with Crippen LogP contribution in [0.15, 0.2) is 24.3 Å². The zero-order valence-electron chi connectivity index (χ0n) is 8.74. The van der Waals surface area contributed by atoms with Crippen molar-refractivity contribution in [2.75, 3.05) is 6.54 Å². The Hall–Kier alpha value is -1.21. The molecule has 1 atom stereocenters. The predicted octanol–water partition coefficient (Wildman–Crippen LogP) is 2.60. The smallest absolute Gasteiger partial charge is 0.280 e. The Balaban J connectivity index is 0.000000280. The Bertz CT molecular complexity index is 324. The average molecular weight is 234 g/mol. The summed E-state index contributed by atoms with van der Waals surface area (Å²) in [7, 11) is -3.67. The van der Waals surface area contributed by atoms with Gasteiger partial charge in [0.15, 0.2) is 6.54 Å². The van der Waals surface area contributed by atoms with Gasteiger partial charge in [-0.3, -0.25) is 17.8 Å². The highest BCUT2D eigenvalue weighted by atomic mass is 19.4. The minimum absolute atomic E-state index is 0.320. The van der Waals surface area contributed by atoms with Crippen LogP contribution in [-0.2, 0) is 6.54 Å². The molecule has 3 nitrogen and oxygen atoms in total.